The quantitative estimate of drug-likeness (QED) is 0.798. The lowest BCUT2D eigenvalue weighted by atomic mass is 10.4. The highest BCUT2D eigenvalue weighted by Crippen LogP contribution is 2.15. The maximum atomic E-state index is 12.2. The lowest BCUT2D eigenvalue weighted by molar-refractivity contribution is 0.586. The number of aromatic nitrogens is 2. The summed E-state index contributed by atoms with van der Waals surface area (Å²) < 4.78 is 25.6. The molecular weight excluding hydrogens is 224 g/mol. The van der Waals surface area contributed by atoms with E-state index >= 15 is 0 Å². The summed E-state index contributed by atoms with van der Waals surface area (Å²) in [5, 5.41) is 0. The van der Waals surface area contributed by atoms with E-state index in [1.807, 2.05) is 0 Å². The van der Waals surface area contributed by atoms with Crippen molar-refractivity contribution >= 4 is 10.0 Å². The van der Waals surface area contributed by atoms with Gasteiger partial charge in [0.25, 0.3) is 10.0 Å². The third kappa shape index (κ3) is 1.74. The molecule has 0 bridgehead atoms. The average Bonchev–Trinajstić information content (AvgIpc) is 2.60. The van der Waals surface area contributed by atoms with E-state index in [4.69, 9.17) is 0 Å². The van der Waals surface area contributed by atoms with Crippen LogP contribution < -0.4 is 0 Å². The second kappa shape index (κ2) is 3.75. The van der Waals surface area contributed by atoms with Gasteiger partial charge in [-0.1, -0.05) is 18.2 Å². The maximum Gasteiger partial charge on any atom is 0.269 e. The molecule has 0 saturated carbocycles. The van der Waals surface area contributed by atoms with E-state index in [0.29, 0.717) is 11.5 Å². The number of nitrogens with zero attached hydrogens (tertiary/aromatic N) is 2. The second-order valence-corrected chi connectivity index (χ2v) is 5.36. The predicted octanol–water partition coefficient (Wildman–Crippen LogP) is 1.74. The third-order valence-electron chi connectivity index (χ3n) is 2.26. The maximum absolute atomic E-state index is 12.2. The predicted molar refractivity (Wildman–Crippen MR) is 60.7 cm³/mol. The van der Waals surface area contributed by atoms with Gasteiger partial charge in [-0.25, -0.2) is 17.4 Å². The van der Waals surface area contributed by atoms with Gasteiger partial charge >= 0.3 is 0 Å². The zero-order valence-electron chi connectivity index (χ0n) is 9.08. The Balaban J connectivity index is 2.61. The number of hydrogen-bond acceptors (Lipinski definition) is 3. The first kappa shape index (κ1) is 10.9. The number of benzene rings is 1. The van der Waals surface area contributed by atoms with Gasteiger partial charge in [0.2, 0.25) is 0 Å². The zero-order chi connectivity index (χ0) is 11.8. The van der Waals surface area contributed by atoms with E-state index in [1.165, 1.54) is 10.2 Å². The SMILES string of the molecule is Cc1cn(S(=O)(=O)c2ccccc2)c(C)n1. The molecule has 0 fully saturated rings. The lowest BCUT2D eigenvalue weighted by Crippen LogP contribution is -2.13. The molecule has 0 atom stereocenters. The van der Waals surface area contributed by atoms with E-state index in [9.17, 15) is 8.42 Å². The van der Waals surface area contributed by atoms with Gasteiger partial charge in [0, 0.05) is 6.20 Å². The minimum atomic E-state index is -3.49. The van der Waals surface area contributed by atoms with Crippen molar-refractivity contribution in [2.24, 2.45) is 0 Å². The number of aryl methyl sites for hydroxylation is 2. The van der Waals surface area contributed by atoms with Crippen LogP contribution >= 0.6 is 0 Å². The van der Waals surface area contributed by atoms with Crippen molar-refractivity contribution in [1.29, 1.82) is 0 Å². The second-order valence-electron chi connectivity index (χ2n) is 3.54. The summed E-state index contributed by atoms with van der Waals surface area (Å²) in [7, 11) is -3.49. The summed E-state index contributed by atoms with van der Waals surface area (Å²) in [5.74, 6) is 0.473. The van der Waals surface area contributed by atoms with Crippen molar-refractivity contribution in [2.45, 2.75) is 18.7 Å². The Kier molecular flexibility index (Phi) is 2.55. The summed E-state index contributed by atoms with van der Waals surface area (Å²) in [6.07, 6.45) is 1.53. The van der Waals surface area contributed by atoms with Crippen molar-refractivity contribution in [3.63, 3.8) is 0 Å². The summed E-state index contributed by atoms with van der Waals surface area (Å²) in [5.41, 5.74) is 0.692. The Labute approximate surface area is 94.6 Å². The van der Waals surface area contributed by atoms with Crippen LogP contribution in [0.15, 0.2) is 41.4 Å². The monoisotopic (exact) mass is 236 g/mol. The fourth-order valence-electron chi connectivity index (χ4n) is 1.55. The summed E-state index contributed by atoms with van der Waals surface area (Å²) >= 11 is 0. The number of rotatable bonds is 2. The van der Waals surface area contributed by atoms with Crippen LogP contribution in [0, 0.1) is 13.8 Å². The van der Waals surface area contributed by atoms with E-state index < -0.39 is 10.0 Å². The Morgan fingerprint density at radius 2 is 1.75 bits per heavy atom. The highest BCUT2D eigenvalue weighted by molar-refractivity contribution is 7.90. The van der Waals surface area contributed by atoms with E-state index in [1.54, 1.807) is 44.2 Å². The number of imidazole rings is 1. The molecule has 0 N–H and O–H groups in total. The molecule has 4 nitrogen and oxygen atoms in total. The summed E-state index contributed by atoms with van der Waals surface area (Å²) in [4.78, 5) is 4.36. The van der Waals surface area contributed by atoms with Gasteiger partial charge in [0.15, 0.2) is 0 Å². The van der Waals surface area contributed by atoms with Crippen LogP contribution in [0.25, 0.3) is 0 Å². The molecule has 1 aromatic heterocycles. The molecule has 0 spiro atoms. The van der Waals surface area contributed by atoms with E-state index in [0.717, 1.165) is 0 Å². The van der Waals surface area contributed by atoms with Crippen LogP contribution in [-0.2, 0) is 10.0 Å². The van der Waals surface area contributed by atoms with Crippen LogP contribution in [0.3, 0.4) is 0 Å². The van der Waals surface area contributed by atoms with Gasteiger partial charge in [0.05, 0.1) is 10.6 Å². The highest BCUT2D eigenvalue weighted by Gasteiger charge is 2.18. The average molecular weight is 236 g/mol. The van der Waals surface area contributed by atoms with Gasteiger partial charge in [-0.2, -0.15) is 0 Å². The molecule has 84 valence electrons. The molecular formula is C11H12N2O2S. The molecule has 0 amide bonds. The molecule has 1 heterocycles. The molecule has 2 aromatic rings. The Hall–Kier alpha value is -1.62. The summed E-state index contributed by atoms with van der Waals surface area (Å²) in [6.45, 7) is 3.44. The first-order chi connectivity index (χ1) is 7.51. The normalized spacial score (nSPS) is 11.6. The van der Waals surface area contributed by atoms with Gasteiger partial charge in [0.1, 0.15) is 5.82 Å². The number of hydrogen-bond donors (Lipinski definition) is 0. The highest BCUT2D eigenvalue weighted by atomic mass is 32.2. The molecule has 0 radical (unpaired) electrons. The Bertz CT molecular complexity index is 600. The molecule has 16 heavy (non-hydrogen) atoms. The molecule has 0 saturated heterocycles. The van der Waals surface area contributed by atoms with Crippen molar-refractivity contribution < 1.29 is 8.42 Å². The molecule has 0 aliphatic heterocycles. The first-order valence-corrected chi connectivity index (χ1v) is 6.29. The fourth-order valence-corrected chi connectivity index (χ4v) is 2.95. The molecule has 5 heteroatoms. The molecule has 0 aliphatic rings. The van der Waals surface area contributed by atoms with Crippen LogP contribution in [0.4, 0.5) is 0 Å². The van der Waals surface area contributed by atoms with Crippen molar-refractivity contribution in [1.82, 2.24) is 8.96 Å². The smallest absolute Gasteiger partial charge is 0.238 e. The standard InChI is InChI=1S/C11H12N2O2S/c1-9-8-13(10(2)12-9)16(14,15)11-6-4-3-5-7-11/h3-8H,1-2H3. The largest absolute Gasteiger partial charge is 0.269 e. The minimum absolute atomic E-state index is 0.274. The molecule has 0 unspecified atom stereocenters. The van der Waals surface area contributed by atoms with Crippen molar-refractivity contribution in [3.05, 3.63) is 48.0 Å². The molecule has 0 aliphatic carbocycles. The molecule has 2 rings (SSSR count). The minimum Gasteiger partial charge on any atom is -0.238 e. The zero-order valence-corrected chi connectivity index (χ0v) is 9.90. The van der Waals surface area contributed by atoms with Crippen molar-refractivity contribution in [3.8, 4) is 0 Å². The molecule has 1 aromatic carbocycles. The third-order valence-corrected chi connectivity index (χ3v) is 4.02. The van der Waals surface area contributed by atoms with Gasteiger partial charge in [-0.05, 0) is 26.0 Å². The fraction of sp³-hybridized carbons (Fsp3) is 0.182. The van der Waals surface area contributed by atoms with Crippen LogP contribution in [0.2, 0.25) is 0 Å². The first-order valence-electron chi connectivity index (χ1n) is 4.85. The Morgan fingerprint density at radius 1 is 1.12 bits per heavy atom. The van der Waals surface area contributed by atoms with Crippen LogP contribution in [-0.4, -0.2) is 17.4 Å². The van der Waals surface area contributed by atoms with E-state index in [-0.39, 0.29) is 4.90 Å². The van der Waals surface area contributed by atoms with Gasteiger partial charge in [-0.3, -0.25) is 0 Å². The summed E-state index contributed by atoms with van der Waals surface area (Å²) in [6, 6.07) is 8.33. The lowest BCUT2D eigenvalue weighted by Gasteiger charge is -2.06. The Morgan fingerprint density at radius 3 is 2.25 bits per heavy atom. The van der Waals surface area contributed by atoms with Crippen LogP contribution in [0.5, 0.6) is 0 Å². The van der Waals surface area contributed by atoms with E-state index in [2.05, 4.69) is 4.98 Å². The van der Waals surface area contributed by atoms with Crippen LogP contribution in [0.1, 0.15) is 11.5 Å². The van der Waals surface area contributed by atoms with Crippen molar-refractivity contribution in [2.75, 3.05) is 0 Å². The topological polar surface area (TPSA) is 52.0 Å². The van der Waals surface area contributed by atoms with Gasteiger partial charge in [-0.15, -0.1) is 0 Å². The van der Waals surface area contributed by atoms with Gasteiger partial charge < -0.3 is 0 Å².